The summed E-state index contributed by atoms with van der Waals surface area (Å²) < 4.78 is 10.1. The van der Waals surface area contributed by atoms with Crippen LogP contribution >= 0.6 is 0 Å². The predicted molar refractivity (Wildman–Crippen MR) is 63.2 cm³/mol. The first kappa shape index (κ1) is 13.5. The summed E-state index contributed by atoms with van der Waals surface area (Å²) in [6, 6.07) is 8.26. The third-order valence-corrected chi connectivity index (χ3v) is 2.41. The highest BCUT2D eigenvalue weighted by Crippen LogP contribution is 2.28. The second kappa shape index (κ2) is 6.27. The molecule has 18 heavy (non-hydrogen) atoms. The van der Waals surface area contributed by atoms with Gasteiger partial charge in [0.05, 0.1) is 26.4 Å². The third kappa shape index (κ3) is 2.99. The van der Waals surface area contributed by atoms with E-state index >= 15 is 0 Å². The average Bonchev–Trinajstić information content (AvgIpc) is 2.43. The number of Topliss-reactive ketones (excluding diaryl/α,β-unsaturated/α-hetero) is 1. The molecule has 0 atom stereocenters. The lowest BCUT2D eigenvalue weighted by Crippen LogP contribution is -2.06. The Morgan fingerprint density at radius 3 is 2.33 bits per heavy atom. The predicted octanol–water partition coefficient (Wildman–Crippen LogP) is 1.94. The Hall–Kier alpha value is -2.53. The van der Waals surface area contributed by atoms with E-state index in [1.54, 1.807) is 24.3 Å². The smallest absolute Gasteiger partial charge is 0.165 e. The Morgan fingerprint density at radius 2 is 1.83 bits per heavy atom. The van der Waals surface area contributed by atoms with Crippen molar-refractivity contribution in [3.63, 3.8) is 0 Å². The summed E-state index contributed by atoms with van der Waals surface area (Å²) in [4.78, 5) is 11.8. The van der Waals surface area contributed by atoms with Crippen LogP contribution in [0.1, 0.15) is 16.8 Å². The lowest BCUT2D eigenvalue weighted by atomic mass is 10.0. The number of carbonyl (C=O) groups is 1. The minimum Gasteiger partial charge on any atom is -0.493 e. The lowest BCUT2D eigenvalue weighted by molar-refractivity contribution is 0.0976. The summed E-state index contributed by atoms with van der Waals surface area (Å²) >= 11 is 0. The van der Waals surface area contributed by atoms with Gasteiger partial charge in [0.25, 0.3) is 0 Å². The van der Waals surface area contributed by atoms with E-state index in [1.807, 2.05) is 0 Å². The Bertz CT molecular complexity index is 512. The summed E-state index contributed by atoms with van der Waals surface area (Å²) in [5.74, 6) is -0.241. The van der Waals surface area contributed by atoms with E-state index in [4.69, 9.17) is 20.0 Å². The fourth-order valence-electron chi connectivity index (χ4n) is 1.43. The van der Waals surface area contributed by atoms with Crippen LogP contribution in [0.3, 0.4) is 0 Å². The van der Waals surface area contributed by atoms with Crippen LogP contribution in [-0.2, 0) is 0 Å². The molecular formula is C13H12N2O3. The number of hydrogen-bond donors (Lipinski definition) is 0. The number of nitrogens with zero attached hydrogens (tertiary/aromatic N) is 2. The van der Waals surface area contributed by atoms with E-state index in [9.17, 15) is 4.79 Å². The van der Waals surface area contributed by atoms with Crippen molar-refractivity contribution >= 4 is 5.78 Å². The van der Waals surface area contributed by atoms with Crippen molar-refractivity contribution < 1.29 is 14.3 Å². The number of methoxy groups -OCH3 is 2. The number of rotatable bonds is 5. The number of nitriles is 2. The molecule has 5 nitrogen and oxygen atoms in total. The maximum atomic E-state index is 11.8. The summed E-state index contributed by atoms with van der Waals surface area (Å²) in [5.41, 5.74) is 0.392. The molecule has 0 aromatic heterocycles. The molecule has 0 unspecified atom stereocenters. The van der Waals surface area contributed by atoms with Crippen LogP contribution in [0.5, 0.6) is 11.5 Å². The lowest BCUT2D eigenvalue weighted by Gasteiger charge is -2.09. The fourth-order valence-corrected chi connectivity index (χ4v) is 1.43. The first-order chi connectivity index (χ1) is 8.65. The third-order valence-electron chi connectivity index (χ3n) is 2.41. The number of hydrogen-bond acceptors (Lipinski definition) is 5. The van der Waals surface area contributed by atoms with E-state index in [0.717, 1.165) is 0 Å². The topological polar surface area (TPSA) is 83.1 Å². The highest BCUT2D eigenvalue weighted by atomic mass is 16.5. The average molecular weight is 244 g/mol. The summed E-state index contributed by atoms with van der Waals surface area (Å²) in [5, 5.41) is 17.3. The van der Waals surface area contributed by atoms with E-state index in [1.165, 1.54) is 20.3 Å². The van der Waals surface area contributed by atoms with Crippen molar-refractivity contribution in [2.75, 3.05) is 14.2 Å². The van der Waals surface area contributed by atoms with Gasteiger partial charge >= 0.3 is 0 Å². The first-order valence-electron chi connectivity index (χ1n) is 5.20. The van der Waals surface area contributed by atoms with Gasteiger partial charge in [0.1, 0.15) is 5.92 Å². The molecule has 92 valence electrons. The standard InChI is InChI=1S/C13H12N2O3/c1-17-12-4-3-10(6-13(12)18-2)11(16)5-9(7-14)8-15/h3-4,6,9H,5H2,1-2H3. The molecule has 0 amide bonds. The van der Waals surface area contributed by atoms with Crippen molar-refractivity contribution in [3.05, 3.63) is 23.8 Å². The highest BCUT2D eigenvalue weighted by molar-refractivity contribution is 5.97. The Balaban J connectivity index is 2.95. The monoisotopic (exact) mass is 244 g/mol. The van der Waals surface area contributed by atoms with Gasteiger partial charge in [-0.2, -0.15) is 10.5 Å². The molecule has 0 heterocycles. The number of carbonyl (C=O) groups excluding carboxylic acids is 1. The number of benzene rings is 1. The Kier molecular flexibility index (Phi) is 4.71. The van der Waals surface area contributed by atoms with E-state index in [2.05, 4.69) is 0 Å². The number of ketones is 1. The van der Waals surface area contributed by atoms with Crippen molar-refractivity contribution in [1.82, 2.24) is 0 Å². The van der Waals surface area contributed by atoms with Crippen LogP contribution in [0.15, 0.2) is 18.2 Å². The molecule has 0 aliphatic rings. The zero-order chi connectivity index (χ0) is 13.5. The molecule has 0 fully saturated rings. The molecule has 1 aromatic rings. The molecule has 0 saturated heterocycles. The van der Waals surface area contributed by atoms with Gasteiger partial charge in [-0.3, -0.25) is 4.79 Å². The van der Waals surface area contributed by atoms with Crippen molar-refractivity contribution in [1.29, 1.82) is 10.5 Å². The zero-order valence-corrected chi connectivity index (χ0v) is 10.1. The molecule has 0 spiro atoms. The summed E-state index contributed by atoms with van der Waals surface area (Å²) in [6.45, 7) is 0. The normalized spacial score (nSPS) is 9.39. The van der Waals surface area contributed by atoms with Gasteiger partial charge in [-0.25, -0.2) is 0 Å². The van der Waals surface area contributed by atoms with Crippen LogP contribution in [0.4, 0.5) is 0 Å². The summed E-state index contributed by atoms with van der Waals surface area (Å²) in [6.07, 6.45) is -0.123. The van der Waals surface area contributed by atoms with E-state index in [-0.39, 0.29) is 12.2 Å². The molecule has 1 aromatic carbocycles. The van der Waals surface area contributed by atoms with E-state index in [0.29, 0.717) is 17.1 Å². The minimum atomic E-state index is -0.925. The molecule has 1 rings (SSSR count). The minimum absolute atomic E-state index is 0.123. The maximum absolute atomic E-state index is 11.8. The van der Waals surface area contributed by atoms with Gasteiger partial charge in [0.2, 0.25) is 0 Å². The quantitative estimate of drug-likeness (QED) is 0.739. The molecular weight excluding hydrogens is 232 g/mol. The largest absolute Gasteiger partial charge is 0.493 e. The van der Waals surface area contributed by atoms with Gasteiger partial charge in [-0.05, 0) is 18.2 Å². The van der Waals surface area contributed by atoms with Crippen LogP contribution in [0.2, 0.25) is 0 Å². The Labute approximate surface area is 105 Å². The van der Waals surface area contributed by atoms with Crippen LogP contribution in [0.25, 0.3) is 0 Å². The number of ether oxygens (including phenoxy) is 2. The Morgan fingerprint density at radius 1 is 1.22 bits per heavy atom. The van der Waals surface area contributed by atoms with Crippen LogP contribution < -0.4 is 9.47 Å². The van der Waals surface area contributed by atoms with Crippen molar-refractivity contribution in [2.24, 2.45) is 5.92 Å². The first-order valence-corrected chi connectivity index (χ1v) is 5.20. The maximum Gasteiger partial charge on any atom is 0.165 e. The van der Waals surface area contributed by atoms with Crippen molar-refractivity contribution in [2.45, 2.75) is 6.42 Å². The highest BCUT2D eigenvalue weighted by Gasteiger charge is 2.16. The van der Waals surface area contributed by atoms with Gasteiger partial charge < -0.3 is 9.47 Å². The van der Waals surface area contributed by atoms with Crippen LogP contribution in [0, 0.1) is 28.6 Å². The SMILES string of the molecule is COc1ccc(C(=O)CC(C#N)C#N)cc1OC. The van der Waals surface area contributed by atoms with Gasteiger partial charge in [0.15, 0.2) is 17.3 Å². The second-order valence-corrected chi connectivity index (χ2v) is 3.51. The van der Waals surface area contributed by atoms with Gasteiger partial charge in [-0.15, -0.1) is 0 Å². The van der Waals surface area contributed by atoms with Gasteiger partial charge in [0, 0.05) is 12.0 Å². The molecule has 0 bridgehead atoms. The van der Waals surface area contributed by atoms with Gasteiger partial charge in [-0.1, -0.05) is 0 Å². The van der Waals surface area contributed by atoms with Crippen molar-refractivity contribution in [3.8, 4) is 23.6 Å². The fraction of sp³-hybridized carbons (Fsp3) is 0.308. The summed E-state index contributed by atoms with van der Waals surface area (Å²) in [7, 11) is 2.97. The molecule has 0 aliphatic carbocycles. The molecule has 5 heteroatoms. The molecule has 0 N–H and O–H groups in total. The molecule has 0 saturated carbocycles. The van der Waals surface area contributed by atoms with Crippen LogP contribution in [-0.4, -0.2) is 20.0 Å². The zero-order valence-electron chi connectivity index (χ0n) is 10.1. The molecule has 0 radical (unpaired) electrons. The second-order valence-electron chi connectivity index (χ2n) is 3.51. The molecule has 0 aliphatic heterocycles. The van der Waals surface area contributed by atoms with E-state index < -0.39 is 5.92 Å².